The summed E-state index contributed by atoms with van der Waals surface area (Å²) in [6, 6.07) is 0. The molecule has 0 aromatic heterocycles. The standard InChI is InChI=1S/C17H29NO/c1-5-16(19)18(17(2,3)4)12-14-11-15(14)13-9-7-6-8-10-13/h6-7,13-15H,5,8-12H2,1-4H3. The van der Waals surface area contributed by atoms with Crippen LogP contribution in [0.4, 0.5) is 0 Å². The average molecular weight is 263 g/mol. The third kappa shape index (κ3) is 3.61. The minimum Gasteiger partial charge on any atom is -0.338 e. The zero-order chi connectivity index (χ0) is 14.0. The molecule has 2 aliphatic rings. The van der Waals surface area contributed by atoms with E-state index in [1.54, 1.807) is 0 Å². The number of nitrogens with zero attached hydrogens (tertiary/aromatic N) is 1. The van der Waals surface area contributed by atoms with E-state index in [0.29, 0.717) is 12.3 Å². The van der Waals surface area contributed by atoms with Gasteiger partial charge < -0.3 is 4.90 Å². The fourth-order valence-electron chi connectivity index (χ4n) is 3.44. The average Bonchev–Trinajstić information content (AvgIpc) is 3.14. The second-order valence-electron chi connectivity index (χ2n) is 7.23. The first-order valence-corrected chi connectivity index (χ1v) is 7.89. The fourth-order valence-corrected chi connectivity index (χ4v) is 3.44. The van der Waals surface area contributed by atoms with Crippen molar-refractivity contribution in [1.82, 2.24) is 4.90 Å². The molecular weight excluding hydrogens is 234 g/mol. The van der Waals surface area contributed by atoms with Crippen LogP contribution in [0, 0.1) is 17.8 Å². The Morgan fingerprint density at radius 3 is 2.58 bits per heavy atom. The highest BCUT2D eigenvalue weighted by Gasteiger charge is 2.44. The summed E-state index contributed by atoms with van der Waals surface area (Å²) >= 11 is 0. The molecule has 2 nitrogen and oxygen atoms in total. The van der Waals surface area contributed by atoms with Crippen molar-refractivity contribution in [3.63, 3.8) is 0 Å². The summed E-state index contributed by atoms with van der Waals surface area (Å²) in [6.07, 6.45) is 10.5. The highest BCUT2D eigenvalue weighted by Crippen LogP contribution is 2.49. The predicted octanol–water partition coefficient (Wildman–Crippen LogP) is 4.02. The van der Waals surface area contributed by atoms with Crippen molar-refractivity contribution in [3.05, 3.63) is 12.2 Å². The Morgan fingerprint density at radius 2 is 2.05 bits per heavy atom. The van der Waals surface area contributed by atoms with Crippen LogP contribution >= 0.6 is 0 Å². The normalized spacial score (nSPS) is 30.2. The van der Waals surface area contributed by atoms with Gasteiger partial charge in [0.15, 0.2) is 0 Å². The van der Waals surface area contributed by atoms with E-state index in [4.69, 9.17) is 0 Å². The molecule has 3 unspecified atom stereocenters. The van der Waals surface area contributed by atoms with Crippen molar-refractivity contribution < 1.29 is 4.79 Å². The van der Waals surface area contributed by atoms with Gasteiger partial charge in [0.2, 0.25) is 5.91 Å². The van der Waals surface area contributed by atoms with Gasteiger partial charge in [-0.15, -0.1) is 0 Å². The first kappa shape index (κ1) is 14.6. The Morgan fingerprint density at radius 1 is 1.32 bits per heavy atom. The van der Waals surface area contributed by atoms with Crippen LogP contribution < -0.4 is 0 Å². The Labute approximate surface area is 118 Å². The van der Waals surface area contributed by atoms with Crippen LogP contribution in [0.15, 0.2) is 12.2 Å². The predicted molar refractivity (Wildman–Crippen MR) is 79.8 cm³/mol. The van der Waals surface area contributed by atoms with Crippen LogP contribution in [0.1, 0.15) is 59.8 Å². The van der Waals surface area contributed by atoms with Gasteiger partial charge in [0.1, 0.15) is 0 Å². The lowest BCUT2D eigenvalue weighted by Gasteiger charge is -2.36. The van der Waals surface area contributed by atoms with Gasteiger partial charge in [-0.1, -0.05) is 19.1 Å². The summed E-state index contributed by atoms with van der Waals surface area (Å²) in [7, 11) is 0. The van der Waals surface area contributed by atoms with E-state index in [1.807, 2.05) is 6.92 Å². The van der Waals surface area contributed by atoms with Crippen molar-refractivity contribution in [2.24, 2.45) is 17.8 Å². The molecule has 1 saturated carbocycles. The van der Waals surface area contributed by atoms with E-state index in [-0.39, 0.29) is 5.54 Å². The topological polar surface area (TPSA) is 20.3 Å². The van der Waals surface area contributed by atoms with E-state index >= 15 is 0 Å². The first-order valence-electron chi connectivity index (χ1n) is 7.89. The monoisotopic (exact) mass is 263 g/mol. The first-order chi connectivity index (χ1) is 8.93. The molecule has 0 radical (unpaired) electrons. The number of amides is 1. The summed E-state index contributed by atoms with van der Waals surface area (Å²) in [5, 5.41) is 0. The Balaban J connectivity index is 1.90. The quantitative estimate of drug-likeness (QED) is 0.702. The highest BCUT2D eigenvalue weighted by atomic mass is 16.2. The molecule has 0 N–H and O–H groups in total. The second kappa shape index (κ2) is 5.68. The van der Waals surface area contributed by atoms with E-state index < -0.39 is 0 Å². The molecule has 0 spiro atoms. The third-order valence-electron chi connectivity index (χ3n) is 4.72. The van der Waals surface area contributed by atoms with E-state index in [0.717, 1.165) is 24.3 Å². The SMILES string of the molecule is CCC(=O)N(CC1CC1C1CC=CCC1)C(C)(C)C. The maximum atomic E-state index is 12.1. The fraction of sp³-hybridized carbons (Fsp3) is 0.824. The molecule has 1 amide bonds. The maximum absolute atomic E-state index is 12.1. The van der Waals surface area contributed by atoms with Gasteiger partial charge in [0, 0.05) is 18.5 Å². The Hall–Kier alpha value is -0.790. The molecule has 0 aromatic rings. The summed E-state index contributed by atoms with van der Waals surface area (Å²) in [4.78, 5) is 14.2. The van der Waals surface area contributed by atoms with Gasteiger partial charge >= 0.3 is 0 Å². The van der Waals surface area contributed by atoms with Crippen LogP contribution in [0.3, 0.4) is 0 Å². The van der Waals surface area contributed by atoms with E-state index in [9.17, 15) is 4.79 Å². The summed E-state index contributed by atoms with van der Waals surface area (Å²) in [5.41, 5.74) is -0.0350. The van der Waals surface area contributed by atoms with Crippen molar-refractivity contribution in [3.8, 4) is 0 Å². The van der Waals surface area contributed by atoms with Crippen LogP contribution in [0.5, 0.6) is 0 Å². The van der Waals surface area contributed by atoms with Crippen molar-refractivity contribution in [2.75, 3.05) is 6.54 Å². The van der Waals surface area contributed by atoms with Gasteiger partial charge in [-0.2, -0.15) is 0 Å². The van der Waals surface area contributed by atoms with Crippen LogP contribution in [0.25, 0.3) is 0 Å². The van der Waals surface area contributed by atoms with Crippen LogP contribution in [-0.4, -0.2) is 22.9 Å². The number of carbonyl (C=O) groups excluding carboxylic acids is 1. The summed E-state index contributed by atoms with van der Waals surface area (Å²) in [5.74, 6) is 2.82. The molecule has 0 heterocycles. The summed E-state index contributed by atoms with van der Waals surface area (Å²) < 4.78 is 0. The lowest BCUT2D eigenvalue weighted by atomic mass is 9.89. The number of allylic oxidation sites excluding steroid dienone is 2. The minimum atomic E-state index is -0.0350. The van der Waals surface area contributed by atoms with Gasteiger partial charge in [0.25, 0.3) is 0 Å². The Kier molecular flexibility index (Phi) is 4.37. The van der Waals surface area contributed by atoms with Gasteiger partial charge in [-0.05, 0) is 64.2 Å². The molecule has 3 atom stereocenters. The molecule has 2 rings (SSSR count). The van der Waals surface area contributed by atoms with Crippen molar-refractivity contribution in [2.45, 2.75) is 65.3 Å². The Bertz CT molecular complexity index is 353. The summed E-state index contributed by atoms with van der Waals surface area (Å²) in [6.45, 7) is 9.41. The lowest BCUT2D eigenvalue weighted by molar-refractivity contribution is -0.136. The molecule has 108 valence electrons. The van der Waals surface area contributed by atoms with E-state index in [1.165, 1.54) is 25.7 Å². The van der Waals surface area contributed by atoms with Gasteiger partial charge in [-0.3, -0.25) is 4.79 Å². The molecule has 2 heteroatoms. The molecule has 1 fully saturated rings. The smallest absolute Gasteiger partial charge is 0.222 e. The van der Waals surface area contributed by atoms with E-state index in [2.05, 4.69) is 37.8 Å². The van der Waals surface area contributed by atoms with Crippen molar-refractivity contribution >= 4 is 5.91 Å². The molecule has 0 saturated heterocycles. The molecule has 0 bridgehead atoms. The second-order valence-corrected chi connectivity index (χ2v) is 7.23. The zero-order valence-corrected chi connectivity index (χ0v) is 13.0. The molecule has 0 aromatic carbocycles. The number of carbonyl (C=O) groups is 1. The molecule has 19 heavy (non-hydrogen) atoms. The third-order valence-corrected chi connectivity index (χ3v) is 4.72. The van der Waals surface area contributed by atoms with Gasteiger partial charge in [0.05, 0.1) is 0 Å². The lowest BCUT2D eigenvalue weighted by Crippen LogP contribution is -2.46. The number of hydrogen-bond acceptors (Lipinski definition) is 1. The zero-order valence-electron chi connectivity index (χ0n) is 13.0. The molecule has 2 aliphatic carbocycles. The van der Waals surface area contributed by atoms with Crippen LogP contribution in [-0.2, 0) is 4.79 Å². The number of rotatable bonds is 4. The molecule has 0 aliphatic heterocycles. The maximum Gasteiger partial charge on any atom is 0.222 e. The molecular formula is C17H29NO. The minimum absolute atomic E-state index is 0.0350. The van der Waals surface area contributed by atoms with Crippen molar-refractivity contribution in [1.29, 1.82) is 0 Å². The van der Waals surface area contributed by atoms with Crippen LogP contribution in [0.2, 0.25) is 0 Å². The largest absolute Gasteiger partial charge is 0.338 e. The highest BCUT2D eigenvalue weighted by molar-refractivity contribution is 5.76. The van der Waals surface area contributed by atoms with Gasteiger partial charge in [-0.25, -0.2) is 0 Å². The number of hydrogen-bond donors (Lipinski definition) is 0.